The molecule has 0 saturated carbocycles. The van der Waals surface area contributed by atoms with Crippen molar-refractivity contribution in [2.75, 3.05) is 0 Å². The zero-order valence-corrected chi connectivity index (χ0v) is 9.13. The maximum Gasteiger partial charge on any atom is 0.323 e. The Labute approximate surface area is 85.1 Å². The third-order valence-electron chi connectivity index (χ3n) is 2.32. The highest BCUT2D eigenvalue weighted by atomic mass is 19.1. The Kier molecular flexibility index (Phi) is 3.00. The molecule has 0 aliphatic rings. The lowest BCUT2D eigenvalue weighted by atomic mass is 9.63. The van der Waals surface area contributed by atoms with E-state index in [-0.39, 0.29) is 11.2 Å². The van der Waals surface area contributed by atoms with Crippen LogP contribution in [0.5, 0.6) is 0 Å². The second-order valence-corrected chi connectivity index (χ2v) is 4.66. The molecule has 0 amide bonds. The van der Waals surface area contributed by atoms with Crippen molar-refractivity contribution >= 4 is 12.4 Å². The Morgan fingerprint density at radius 3 is 2.21 bits per heavy atom. The van der Waals surface area contributed by atoms with Crippen molar-refractivity contribution in [1.29, 1.82) is 0 Å². The van der Waals surface area contributed by atoms with Gasteiger partial charge in [0.25, 0.3) is 0 Å². The van der Waals surface area contributed by atoms with Gasteiger partial charge in [0.15, 0.2) is 0 Å². The highest BCUT2D eigenvalue weighted by Crippen LogP contribution is 2.21. The largest absolute Gasteiger partial charge is 0.446 e. The van der Waals surface area contributed by atoms with Crippen LogP contribution in [-0.4, -0.2) is 11.9 Å². The Balaban J connectivity index is 3.13. The lowest BCUT2D eigenvalue weighted by Crippen LogP contribution is -2.30. The topological polar surface area (TPSA) is 20.2 Å². The van der Waals surface area contributed by atoms with Crippen molar-refractivity contribution in [2.45, 2.75) is 33.0 Å². The summed E-state index contributed by atoms with van der Waals surface area (Å²) < 4.78 is 13.5. The Morgan fingerprint density at radius 1 is 1.29 bits per heavy atom. The lowest BCUT2D eigenvalue weighted by molar-refractivity contribution is 0.567. The maximum absolute atomic E-state index is 13.5. The molecule has 0 aromatic heterocycles. The van der Waals surface area contributed by atoms with Crippen LogP contribution in [0.15, 0.2) is 18.2 Å². The number of hydrogen-bond donors (Lipinski definition) is 1. The molecule has 0 fully saturated rings. The predicted octanol–water partition coefficient (Wildman–Crippen LogP) is 1.94. The van der Waals surface area contributed by atoms with Crippen molar-refractivity contribution in [3.63, 3.8) is 0 Å². The standard InChI is InChI=1S/C11H16BFO/c1-11(2,3)8-5-6-9(12(4)14)10(13)7-8/h5-7,14H,1-4H3. The van der Waals surface area contributed by atoms with Gasteiger partial charge in [-0.3, -0.25) is 0 Å². The SMILES string of the molecule is CB(O)c1ccc(C(C)(C)C)cc1F. The summed E-state index contributed by atoms with van der Waals surface area (Å²) in [7, 11) is 0. The second kappa shape index (κ2) is 3.74. The molecule has 1 nitrogen and oxygen atoms in total. The van der Waals surface area contributed by atoms with Gasteiger partial charge in [0.2, 0.25) is 0 Å². The summed E-state index contributed by atoms with van der Waals surface area (Å²) >= 11 is 0. The molecule has 1 rings (SSSR count). The minimum Gasteiger partial charge on any atom is -0.446 e. The first kappa shape index (κ1) is 11.3. The van der Waals surface area contributed by atoms with Gasteiger partial charge in [0, 0.05) is 0 Å². The molecular weight excluding hydrogens is 178 g/mol. The van der Waals surface area contributed by atoms with Gasteiger partial charge in [-0.25, -0.2) is 4.39 Å². The zero-order chi connectivity index (χ0) is 10.9. The molecule has 0 aliphatic heterocycles. The fourth-order valence-electron chi connectivity index (χ4n) is 1.33. The van der Waals surface area contributed by atoms with Crippen molar-refractivity contribution in [2.24, 2.45) is 0 Å². The van der Waals surface area contributed by atoms with Gasteiger partial charge >= 0.3 is 6.92 Å². The maximum atomic E-state index is 13.5. The van der Waals surface area contributed by atoms with E-state index in [0.717, 1.165) is 5.56 Å². The van der Waals surface area contributed by atoms with Crippen LogP contribution in [0.2, 0.25) is 6.82 Å². The number of hydrogen-bond acceptors (Lipinski definition) is 1. The minimum atomic E-state index is -0.746. The van der Waals surface area contributed by atoms with Crippen molar-refractivity contribution in [3.05, 3.63) is 29.6 Å². The van der Waals surface area contributed by atoms with E-state index in [1.165, 1.54) is 6.07 Å². The molecule has 1 aromatic carbocycles. The highest BCUT2D eigenvalue weighted by Gasteiger charge is 2.18. The molecule has 0 aliphatic carbocycles. The van der Waals surface area contributed by atoms with Gasteiger partial charge in [-0.2, -0.15) is 0 Å². The quantitative estimate of drug-likeness (QED) is 0.677. The summed E-state index contributed by atoms with van der Waals surface area (Å²) in [5.74, 6) is -0.326. The zero-order valence-electron chi connectivity index (χ0n) is 9.13. The van der Waals surface area contributed by atoms with Crippen LogP contribution in [0.4, 0.5) is 4.39 Å². The molecular formula is C11H16BFO. The first-order chi connectivity index (χ1) is 6.32. The molecule has 3 heteroatoms. The van der Waals surface area contributed by atoms with E-state index in [1.54, 1.807) is 12.9 Å². The summed E-state index contributed by atoms with van der Waals surface area (Å²) in [5, 5.41) is 9.26. The van der Waals surface area contributed by atoms with E-state index >= 15 is 0 Å². The molecule has 0 spiro atoms. The molecule has 76 valence electrons. The number of benzene rings is 1. The van der Waals surface area contributed by atoms with E-state index < -0.39 is 6.92 Å². The molecule has 0 radical (unpaired) electrons. The minimum absolute atomic E-state index is 0.0575. The Bertz CT molecular complexity index is 329. The van der Waals surface area contributed by atoms with Crippen LogP contribution in [0, 0.1) is 5.82 Å². The molecule has 1 aromatic rings. The summed E-state index contributed by atoms with van der Waals surface area (Å²) in [6.45, 7) is 6.91. The lowest BCUT2D eigenvalue weighted by Gasteiger charge is -2.19. The second-order valence-electron chi connectivity index (χ2n) is 4.66. The van der Waals surface area contributed by atoms with Gasteiger partial charge < -0.3 is 5.02 Å². The first-order valence-corrected chi connectivity index (χ1v) is 4.80. The van der Waals surface area contributed by atoms with Gasteiger partial charge in [0.1, 0.15) is 5.82 Å². The van der Waals surface area contributed by atoms with E-state index in [2.05, 4.69) is 0 Å². The monoisotopic (exact) mass is 194 g/mol. The van der Waals surface area contributed by atoms with Gasteiger partial charge in [-0.05, 0) is 22.5 Å². The summed E-state index contributed by atoms with van der Waals surface area (Å²) in [6, 6.07) is 5.02. The van der Waals surface area contributed by atoms with Crippen molar-refractivity contribution < 1.29 is 9.41 Å². The van der Waals surface area contributed by atoms with Crippen molar-refractivity contribution in [1.82, 2.24) is 0 Å². The molecule has 0 atom stereocenters. The molecule has 0 saturated heterocycles. The van der Waals surface area contributed by atoms with Crippen LogP contribution in [0.3, 0.4) is 0 Å². The normalized spacial score (nSPS) is 11.6. The van der Waals surface area contributed by atoms with Crippen molar-refractivity contribution in [3.8, 4) is 0 Å². The van der Waals surface area contributed by atoms with Gasteiger partial charge in [0.05, 0.1) is 0 Å². The average Bonchev–Trinajstić information content (AvgIpc) is 2.01. The third kappa shape index (κ3) is 2.35. The van der Waals surface area contributed by atoms with Gasteiger partial charge in [-0.1, -0.05) is 39.7 Å². The van der Waals surface area contributed by atoms with E-state index in [9.17, 15) is 9.41 Å². The smallest absolute Gasteiger partial charge is 0.323 e. The fourth-order valence-corrected chi connectivity index (χ4v) is 1.33. The summed E-state index contributed by atoms with van der Waals surface area (Å²) in [6.07, 6.45) is 0. The molecule has 0 unspecified atom stereocenters. The van der Waals surface area contributed by atoms with Gasteiger partial charge in [-0.15, -0.1) is 0 Å². The van der Waals surface area contributed by atoms with Crippen LogP contribution in [0.1, 0.15) is 26.3 Å². The number of halogens is 1. The summed E-state index contributed by atoms with van der Waals surface area (Å²) in [5.41, 5.74) is 1.25. The van der Waals surface area contributed by atoms with Crippen LogP contribution >= 0.6 is 0 Å². The Hall–Kier alpha value is -0.825. The Morgan fingerprint density at radius 2 is 1.86 bits per heavy atom. The summed E-state index contributed by atoms with van der Waals surface area (Å²) in [4.78, 5) is 0. The molecule has 0 bridgehead atoms. The van der Waals surface area contributed by atoms with E-state index in [1.807, 2.05) is 26.8 Å². The third-order valence-corrected chi connectivity index (χ3v) is 2.32. The molecule has 0 heterocycles. The fraction of sp³-hybridized carbons (Fsp3) is 0.455. The van der Waals surface area contributed by atoms with Crippen LogP contribution < -0.4 is 5.46 Å². The van der Waals surface area contributed by atoms with E-state index in [0.29, 0.717) is 5.46 Å². The average molecular weight is 194 g/mol. The first-order valence-electron chi connectivity index (χ1n) is 4.80. The number of rotatable bonds is 1. The predicted molar refractivity (Wildman–Crippen MR) is 58.6 cm³/mol. The highest BCUT2D eigenvalue weighted by molar-refractivity contribution is 6.64. The molecule has 14 heavy (non-hydrogen) atoms. The van der Waals surface area contributed by atoms with Crippen LogP contribution in [0.25, 0.3) is 0 Å². The van der Waals surface area contributed by atoms with Crippen LogP contribution in [-0.2, 0) is 5.41 Å². The molecule has 1 N–H and O–H groups in total. The van der Waals surface area contributed by atoms with E-state index in [4.69, 9.17) is 0 Å².